The quantitative estimate of drug-likeness (QED) is 0.545. The second kappa shape index (κ2) is 2.66. The molecular weight excluding hydrogens is 154 g/mol. The molecule has 0 bridgehead atoms. The van der Waals surface area contributed by atoms with E-state index < -0.39 is 15.9 Å². The first kappa shape index (κ1) is 7.01. The van der Waals surface area contributed by atoms with Crippen molar-refractivity contribution < 1.29 is 13.2 Å². The van der Waals surface area contributed by atoms with Crippen LogP contribution in [0.3, 0.4) is 0 Å². The Kier molecular flexibility index (Phi) is 1.86. The molecule has 1 aromatic heterocycles. The fourth-order valence-electron chi connectivity index (χ4n) is 0.556. The highest BCUT2D eigenvalue weighted by Gasteiger charge is 2.02. The summed E-state index contributed by atoms with van der Waals surface area (Å²) in [6, 6.07) is 3.16. The van der Waals surface area contributed by atoms with E-state index in [1.54, 1.807) is 12.1 Å². The number of hydrogen-bond donors (Lipinski definition) is 1. The molecule has 0 unspecified atom stereocenters. The molecule has 0 N–H and O–H groups in total. The highest BCUT2D eigenvalue weighted by Crippen LogP contribution is 1.90. The van der Waals surface area contributed by atoms with Gasteiger partial charge in [-0.15, -0.1) is 0 Å². The molecule has 0 amide bonds. The topological polar surface area (TPSA) is 56.1 Å². The normalized spacial score (nSPS) is 10.1. The molecule has 1 rings (SSSR count). The van der Waals surface area contributed by atoms with Crippen LogP contribution in [0.2, 0.25) is 0 Å². The van der Waals surface area contributed by atoms with Gasteiger partial charge in [-0.1, -0.05) is 0 Å². The lowest BCUT2D eigenvalue weighted by atomic mass is 10.7. The molecule has 0 spiro atoms. The molecule has 0 saturated heterocycles. The third kappa shape index (κ3) is 1.24. The lowest BCUT2D eigenvalue weighted by molar-refractivity contribution is 0.260. The van der Waals surface area contributed by atoms with E-state index in [2.05, 4.69) is 0 Å². The third-order valence-electron chi connectivity index (χ3n) is 0.982. The van der Waals surface area contributed by atoms with Gasteiger partial charge in [-0.05, 0) is 12.1 Å². The van der Waals surface area contributed by atoms with Gasteiger partial charge in [0.25, 0.3) is 0 Å². The first-order valence-electron chi connectivity index (χ1n) is 2.53. The number of rotatable bonds is 0. The largest absolute Gasteiger partial charge is 0.344 e. The lowest BCUT2D eigenvalue weighted by Crippen LogP contribution is -2.07. The first-order valence-corrected chi connectivity index (χ1v) is 3.71. The van der Waals surface area contributed by atoms with Gasteiger partial charge in [0.1, 0.15) is 0 Å². The minimum atomic E-state index is -2.99. The summed E-state index contributed by atoms with van der Waals surface area (Å²) in [7, 11) is -2.99. The Bertz CT molecular complexity index is 291. The number of carbonyl (C=O) groups excluding carboxylic acids is 1. The molecule has 10 heavy (non-hydrogen) atoms. The number of thiol groups is 1. The molecule has 0 fully saturated rings. The molecule has 5 heteroatoms. The number of nitrogens with zero attached hydrogens (tertiary/aromatic N) is 1. The summed E-state index contributed by atoms with van der Waals surface area (Å²) in [6.07, 6.45) is 2.76. The minimum absolute atomic E-state index is 0.903. The summed E-state index contributed by atoms with van der Waals surface area (Å²) < 4.78 is 21.1. The van der Waals surface area contributed by atoms with Crippen LogP contribution in [0, 0.1) is 0 Å². The van der Waals surface area contributed by atoms with Gasteiger partial charge in [-0.25, -0.2) is 8.42 Å². The fraction of sp³-hybridized carbons (Fsp3) is 0. The summed E-state index contributed by atoms with van der Waals surface area (Å²) in [5.74, 6) is 0. The van der Waals surface area contributed by atoms with Gasteiger partial charge in [-0.2, -0.15) is 0 Å². The van der Waals surface area contributed by atoms with E-state index in [1.807, 2.05) is 0 Å². The predicted octanol–water partition coefficient (Wildman–Crippen LogP) is 0.0676. The van der Waals surface area contributed by atoms with Crippen LogP contribution in [-0.2, 0) is 10.7 Å². The average Bonchev–Trinajstić information content (AvgIpc) is 2.36. The van der Waals surface area contributed by atoms with Gasteiger partial charge in [0.15, 0.2) is 0 Å². The SMILES string of the molecule is O=C(n1cccc1)[SH](=O)=O. The molecule has 0 aliphatic carbocycles. The van der Waals surface area contributed by atoms with Crippen molar-refractivity contribution in [3.8, 4) is 0 Å². The van der Waals surface area contributed by atoms with Crippen LogP contribution in [0.25, 0.3) is 0 Å². The Morgan fingerprint density at radius 2 is 1.70 bits per heavy atom. The zero-order valence-electron chi connectivity index (χ0n) is 4.93. The van der Waals surface area contributed by atoms with Crippen molar-refractivity contribution in [2.45, 2.75) is 0 Å². The third-order valence-corrected chi connectivity index (χ3v) is 1.52. The predicted molar refractivity (Wildman–Crippen MR) is 35.5 cm³/mol. The van der Waals surface area contributed by atoms with Gasteiger partial charge in [0, 0.05) is 12.4 Å². The monoisotopic (exact) mass is 159 g/mol. The van der Waals surface area contributed by atoms with Crippen molar-refractivity contribution in [2.75, 3.05) is 0 Å². The molecule has 0 radical (unpaired) electrons. The van der Waals surface area contributed by atoms with Crippen LogP contribution in [0.5, 0.6) is 0 Å². The van der Waals surface area contributed by atoms with E-state index >= 15 is 0 Å². The molecule has 4 nitrogen and oxygen atoms in total. The minimum Gasteiger partial charge on any atom is -0.282 e. The van der Waals surface area contributed by atoms with Gasteiger partial charge in [0.05, 0.1) is 0 Å². The van der Waals surface area contributed by atoms with E-state index in [4.69, 9.17) is 0 Å². The second-order valence-corrected chi connectivity index (χ2v) is 2.53. The van der Waals surface area contributed by atoms with Crippen molar-refractivity contribution in [1.82, 2.24) is 4.57 Å². The van der Waals surface area contributed by atoms with E-state index in [0.717, 1.165) is 4.57 Å². The molecule has 0 aromatic carbocycles. The molecule has 0 saturated carbocycles. The molecule has 0 aliphatic rings. The molecular formula is C5H5NO3S. The van der Waals surface area contributed by atoms with Gasteiger partial charge in [0.2, 0.25) is 10.7 Å². The Hall–Kier alpha value is -1.10. The second-order valence-electron chi connectivity index (χ2n) is 1.63. The summed E-state index contributed by atoms with van der Waals surface area (Å²) in [5.41, 5.74) is 0. The van der Waals surface area contributed by atoms with Crippen LogP contribution in [0.1, 0.15) is 0 Å². The van der Waals surface area contributed by atoms with Crippen LogP contribution < -0.4 is 0 Å². The van der Waals surface area contributed by atoms with Gasteiger partial charge in [-0.3, -0.25) is 9.36 Å². The van der Waals surface area contributed by atoms with Crippen molar-refractivity contribution in [3.63, 3.8) is 0 Å². The van der Waals surface area contributed by atoms with Crippen LogP contribution in [0.15, 0.2) is 24.5 Å². The van der Waals surface area contributed by atoms with E-state index in [0.29, 0.717) is 0 Å². The summed E-state index contributed by atoms with van der Waals surface area (Å²) in [5, 5.41) is -0.903. The first-order chi connectivity index (χ1) is 4.72. The van der Waals surface area contributed by atoms with Crippen LogP contribution in [0.4, 0.5) is 4.79 Å². The summed E-state index contributed by atoms with van der Waals surface area (Å²) in [6.45, 7) is 0. The van der Waals surface area contributed by atoms with Crippen molar-refractivity contribution in [3.05, 3.63) is 24.5 Å². The summed E-state index contributed by atoms with van der Waals surface area (Å²) in [4.78, 5) is 10.6. The van der Waals surface area contributed by atoms with Crippen LogP contribution >= 0.6 is 0 Å². The lowest BCUT2D eigenvalue weighted by Gasteiger charge is -1.88. The maximum atomic E-state index is 10.6. The maximum Gasteiger partial charge on any atom is 0.344 e. The van der Waals surface area contributed by atoms with Gasteiger partial charge < -0.3 is 0 Å². The van der Waals surface area contributed by atoms with Crippen molar-refractivity contribution in [1.29, 1.82) is 0 Å². The standard InChI is InChI=1S/C5H5NO3S/c7-5(10(8)9)6-3-1-2-4-6/h1-4,10H. The smallest absolute Gasteiger partial charge is 0.282 e. The fourth-order valence-corrected chi connectivity index (χ4v) is 0.878. The van der Waals surface area contributed by atoms with Crippen molar-refractivity contribution in [2.24, 2.45) is 0 Å². The molecule has 1 heterocycles. The van der Waals surface area contributed by atoms with E-state index in [1.165, 1.54) is 12.4 Å². The van der Waals surface area contributed by atoms with Gasteiger partial charge >= 0.3 is 5.24 Å². The summed E-state index contributed by atoms with van der Waals surface area (Å²) >= 11 is 0. The molecule has 0 atom stereocenters. The molecule has 1 aromatic rings. The van der Waals surface area contributed by atoms with E-state index in [9.17, 15) is 13.2 Å². The highest BCUT2D eigenvalue weighted by molar-refractivity contribution is 7.89. The Labute approximate surface area is 59.0 Å². The van der Waals surface area contributed by atoms with Crippen molar-refractivity contribution >= 4 is 15.9 Å². The average molecular weight is 159 g/mol. The zero-order valence-corrected chi connectivity index (χ0v) is 5.82. The number of aromatic nitrogens is 1. The maximum absolute atomic E-state index is 10.6. The Morgan fingerprint density at radius 3 is 2.10 bits per heavy atom. The van der Waals surface area contributed by atoms with Crippen LogP contribution in [-0.4, -0.2) is 18.2 Å². The molecule has 54 valence electrons. The number of carbonyl (C=O) groups is 1. The molecule has 0 aliphatic heterocycles. The van der Waals surface area contributed by atoms with E-state index in [-0.39, 0.29) is 0 Å². The number of hydrogen-bond acceptors (Lipinski definition) is 3. The Balaban J connectivity index is 2.99. The Morgan fingerprint density at radius 1 is 1.20 bits per heavy atom. The zero-order chi connectivity index (χ0) is 7.56. The highest BCUT2D eigenvalue weighted by atomic mass is 32.2.